The number of H-pyrrole nitrogens is 1. The van der Waals surface area contributed by atoms with Gasteiger partial charge in [-0.1, -0.05) is 26.8 Å². The molecular formula is C24H30N2. The molecule has 0 aliphatic heterocycles. The first-order valence-corrected chi connectivity index (χ1v) is 10.7. The number of hydrogen-bond acceptors (Lipinski definition) is 1. The normalized spacial score (nSPS) is 22.3. The van der Waals surface area contributed by atoms with E-state index in [2.05, 4.69) is 50.2 Å². The predicted molar refractivity (Wildman–Crippen MR) is 110 cm³/mol. The van der Waals surface area contributed by atoms with Gasteiger partial charge in [0.2, 0.25) is 0 Å². The molecule has 0 radical (unpaired) electrons. The van der Waals surface area contributed by atoms with Crippen molar-refractivity contribution in [2.75, 3.05) is 0 Å². The van der Waals surface area contributed by atoms with Gasteiger partial charge in [-0.25, -0.2) is 0 Å². The van der Waals surface area contributed by atoms with E-state index in [0.717, 1.165) is 5.92 Å². The maximum atomic E-state index is 4.91. The molecule has 3 aromatic rings. The largest absolute Gasteiger partial charge is 0.353 e. The van der Waals surface area contributed by atoms with E-state index < -0.39 is 0 Å². The molecule has 3 aliphatic carbocycles. The Kier molecular flexibility index (Phi) is 3.67. The van der Waals surface area contributed by atoms with Crippen LogP contribution in [0.25, 0.3) is 21.8 Å². The van der Waals surface area contributed by atoms with E-state index in [0.29, 0.717) is 11.3 Å². The SMILES string of the molecule is CCC(CC)(CC)c1ccc2[nH]c3cnc4c(c3c2c1)C1CCC4CC1. The Bertz CT molecular complexity index is 960. The summed E-state index contributed by atoms with van der Waals surface area (Å²) >= 11 is 0. The number of fused-ring (bicyclic) bond motifs is 5. The summed E-state index contributed by atoms with van der Waals surface area (Å²) in [7, 11) is 0. The van der Waals surface area contributed by atoms with Gasteiger partial charge in [0.15, 0.2) is 0 Å². The summed E-state index contributed by atoms with van der Waals surface area (Å²) < 4.78 is 0. The van der Waals surface area contributed by atoms with Crippen molar-refractivity contribution in [2.24, 2.45) is 0 Å². The van der Waals surface area contributed by atoms with Crippen LogP contribution in [0.5, 0.6) is 0 Å². The Labute approximate surface area is 156 Å². The number of aromatic nitrogens is 2. The highest BCUT2D eigenvalue weighted by molar-refractivity contribution is 6.09. The van der Waals surface area contributed by atoms with Gasteiger partial charge in [0.25, 0.3) is 0 Å². The number of nitrogens with zero attached hydrogens (tertiary/aromatic N) is 1. The second kappa shape index (κ2) is 5.84. The summed E-state index contributed by atoms with van der Waals surface area (Å²) in [4.78, 5) is 8.57. The maximum absolute atomic E-state index is 4.91. The van der Waals surface area contributed by atoms with Gasteiger partial charge in [-0.05, 0) is 79.5 Å². The number of hydrogen-bond donors (Lipinski definition) is 1. The van der Waals surface area contributed by atoms with Crippen molar-refractivity contribution < 1.29 is 0 Å². The van der Waals surface area contributed by atoms with Crippen molar-refractivity contribution in [1.29, 1.82) is 0 Å². The van der Waals surface area contributed by atoms with E-state index >= 15 is 0 Å². The first-order chi connectivity index (χ1) is 12.7. The lowest BCUT2D eigenvalue weighted by molar-refractivity contribution is 0.353. The molecule has 26 heavy (non-hydrogen) atoms. The molecule has 2 heterocycles. The lowest BCUT2D eigenvalue weighted by Crippen LogP contribution is -2.23. The van der Waals surface area contributed by atoms with Gasteiger partial charge in [0.1, 0.15) is 0 Å². The van der Waals surface area contributed by atoms with Crippen LogP contribution in [0.1, 0.15) is 94.4 Å². The number of aromatic amines is 1. The number of pyridine rings is 1. The van der Waals surface area contributed by atoms with Crippen LogP contribution in [0.2, 0.25) is 0 Å². The minimum Gasteiger partial charge on any atom is -0.353 e. The highest BCUT2D eigenvalue weighted by atomic mass is 14.8. The fourth-order valence-corrected chi connectivity index (χ4v) is 6.02. The minimum atomic E-state index is 0.309. The Morgan fingerprint density at radius 2 is 1.65 bits per heavy atom. The van der Waals surface area contributed by atoms with Crippen LogP contribution < -0.4 is 0 Å². The molecule has 0 saturated heterocycles. The molecule has 2 nitrogen and oxygen atoms in total. The van der Waals surface area contributed by atoms with Crippen molar-refractivity contribution in [3.05, 3.63) is 41.2 Å². The molecule has 3 aliphatic rings. The van der Waals surface area contributed by atoms with E-state index in [1.54, 1.807) is 5.56 Å². The second-order valence-corrected chi connectivity index (χ2v) is 8.62. The molecule has 0 amide bonds. The number of rotatable bonds is 4. The van der Waals surface area contributed by atoms with Crippen molar-refractivity contribution in [3.63, 3.8) is 0 Å². The van der Waals surface area contributed by atoms with Crippen LogP contribution in [-0.4, -0.2) is 9.97 Å². The quantitative estimate of drug-likeness (QED) is 0.544. The van der Waals surface area contributed by atoms with Crippen LogP contribution in [0.3, 0.4) is 0 Å². The monoisotopic (exact) mass is 346 g/mol. The smallest absolute Gasteiger partial charge is 0.0654 e. The molecule has 2 heteroatoms. The minimum absolute atomic E-state index is 0.309. The fourth-order valence-electron chi connectivity index (χ4n) is 6.02. The fraction of sp³-hybridized carbons (Fsp3) is 0.542. The molecule has 0 unspecified atom stereocenters. The zero-order chi connectivity index (χ0) is 17.9. The third-order valence-corrected chi connectivity index (χ3v) is 7.87. The Morgan fingerprint density at radius 1 is 0.962 bits per heavy atom. The average Bonchev–Trinajstić information content (AvgIpc) is 3.09. The second-order valence-electron chi connectivity index (χ2n) is 8.62. The molecule has 1 N–H and O–H groups in total. The van der Waals surface area contributed by atoms with Gasteiger partial charge in [0, 0.05) is 27.9 Å². The summed E-state index contributed by atoms with van der Waals surface area (Å²) in [5.74, 6) is 1.43. The molecule has 1 fully saturated rings. The van der Waals surface area contributed by atoms with E-state index in [4.69, 9.17) is 4.98 Å². The predicted octanol–water partition coefficient (Wildman–Crippen LogP) is 6.94. The van der Waals surface area contributed by atoms with Gasteiger partial charge >= 0.3 is 0 Å². The van der Waals surface area contributed by atoms with E-state index in [9.17, 15) is 0 Å². The molecule has 2 aromatic heterocycles. The molecule has 2 bridgehead atoms. The first-order valence-electron chi connectivity index (χ1n) is 10.7. The number of nitrogens with one attached hydrogen (secondary N) is 1. The Hall–Kier alpha value is -1.83. The van der Waals surface area contributed by atoms with E-state index in [1.807, 2.05) is 0 Å². The highest BCUT2D eigenvalue weighted by Crippen LogP contribution is 2.51. The standard InChI is InChI=1S/C24H30N2/c1-4-24(5-2,6-3)17-11-12-19-18(13-17)22-20(26-19)14-25-23-16-9-7-15(8-10-16)21(22)23/h11-16,26H,4-10H2,1-3H3. The van der Waals surface area contributed by atoms with Crippen LogP contribution in [-0.2, 0) is 5.41 Å². The third kappa shape index (κ3) is 2.08. The van der Waals surface area contributed by atoms with Crippen LogP contribution in [0, 0.1) is 0 Å². The van der Waals surface area contributed by atoms with Gasteiger partial charge in [-0.15, -0.1) is 0 Å². The average molecular weight is 347 g/mol. The summed E-state index contributed by atoms with van der Waals surface area (Å²) in [5, 5.41) is 2.92. The summed E-state index contributed by atoms with van der Waals surface area (Å²) in [5.41, 5.74) is 7.34. The first kappa shape index (κ1) is 16.4. The summed E-state index contributed by atoms with van der Waals surface area (Å²) in [6.07, 6.45) is 11.1. The lowest BCUT2D eigenvalue weighted by atomic mass is 9.68. The van der Waals surface area contributed by atoms with Gasteiger partial charge < -0.3 is 4.98 Å². The third-order valence-electron chi connectivity index (χ3n) is 7.87. The van der Waals surface area contributed by atoms with Crippen molar-refractivity contribution in [1.82, 2.24) is 9.97 Å². The van der Waals surface area contributed by atoms with Crippen molar-refractivity contribution in [3.8, 4) is 0 Å². The maximum Gasteiger partial charge on any atom is 0.0654 e. The molecule has 136 valence electrons. The van der Waals surface area contributed by atoms with Gasteiger partial charge in [0.05, 0.1) is 11.7 Å². The van der Waals surface area contributed by atoms with E-state index in [-0.39, 0.29) is 0 Å². The van der Waals surface area contributed by atoms with E-state index in [1.165, 1.54) is 78.0 Å². The molecule has 0 spiro atoms. The lowest BCUT2D eigenvalue weighted by Gasteiger charge is -2.37. The van der Waals surface area contributed by atoms with Gasteiger partial charge in [-0.2, -0.15) is 0 Å². The Balaban J connectivity index is 1.80. The van der Waals surface area contributed by atoms with Gasteiger partial charge in [-0.3, -0.25) is 4.98 Å². The zero-order valence-electron chi connectivity index (χ0n) is 16.4. The Morgan fingerprint density at radius 3 is 2.35 bits per heavy atom. The van der Waals surface area contributed by atoms with Crippen LogP contribution in [0.4, 0.5) is 0 Å². The summed E-state index contributed by atoms with van der Waals surface area (Å²) in [6.45, 7) is 7.03. The van der Waals surface area contributed by atoms with Crippen molar-refractivity contribution >= 4 is 21.8 Å². The molecule has 6 rings (SSSR count). The molecule has 1 saturated carbocycles. The van der Waals surface area contributed by atoms with Crippen molar-refractivity contribution in [2.45, 2.75) is 83.0 Å². The number of benzene rings is 1. The summed E-state index contributed by atoms with van der Waals surface area (Å²) in [6, 6.07) is 7.18. The zero-order valence-corrected chi connectivity index (χ0v) is 16.4. The van der Waals surface area contributed by atoms with Crippen LogP contribution in [0.15, 0.2) is 24.4 Å². The topological polar surface area (TPSA) is 28.7 Å². The molecule has 0 atom stereocenters. The molecule has 1 aromatic carbocycles. The van der Waals surface area contributed by atoms with Crippen LogP contribution >= 0.6 is 0 Å². The molecular weight excluding hydrogens is 316 g/mol. The highest BCUT2D eigenvalue weighted by Gasteiger charge is 2.36.